The average Bonchev–Trinajstić information content (AvgIpc) is 2.09. The molecule has 0 amide bonds. The molecule has 1 aliphatic rings. The van der Waals surface area contributed by atoms with Crippen LogP contribution in [-0.4, -0.2) is 43.8 Å². The van der Waals surface area contributed by atoms with Crippen molar-refractivity contribution in [3.05, 3.63) is 12.2 Å². The van der Waals surface area contributed by atoms with Gasteiger partial charge in [-0.1, -0.05) is 26.0 Å². The Morgan fingerprint density at radius 1 is 1.18 bits per heavy atom. The van der Waals surface area contributed by atoms with Crippen molar-refractivity contribution in [1.29, 1.82) is 0 Å². The zero-order valence-corrected chi connectivity index (χ0v) is 11.0. The lowest BCUT2D eigenvalue weighted by Crippen LogP contribution is -2.65. The molecule has 1 fully saturated rings. The van der Waals surface area contributed by atoms with Gasteiger partial charge in [0.1, 0.15) is 5.60 Å². The number of aliphatic hydroxyl groups excluding tert-OH is 2. The minimum absolute atomic E-state index is 0.122. The fourth-order valence-electron chi connectivity index (χ4n) is 2.84. The van der Waals surface area contributed by atoms with E-state index in [0.717, 1.165) is 0 Å². The minimum Gasteiger partial charge on any atom is -0.393 e. The van der Waals surface area contributed by atoms with Crippen LogP contribution in [0.3, 0.4) is 0 Å². The highest BCUT2D eigenvalue weighted by atomic mass is 16.4. The van der Waals surface area contributed by atoms with Gasteiger partial charge in [-0.3, -0.25) is 0 Å². The number of hydrogen-bond acceptors (Lipinski definition) is 4. The summed E-state index contributed by atoms with van der Waals surface area (Å²) in [5.41, 5.74) is -3.55. The van der Waals surface area contributed by atoms with Crippen molar-refractivity contribution in [3.8, 4) is 0 Å². The van der Waals surface area contributed by atoms with Crippen LogP contribution in [0.1, 0.15) is 40.5 Å². The van der Waals surface area contributed by atoms with Crippen molar-refractivity contribution in [2.75, 3.05) is 0 Å². The van der Waals surface area contributed by atoms with Crippen molar-refractivity contribution in [2.24, 2.45) is 5.41 Å². The molecule has 1 unspecified atom stereocenters. The van der Waals surface area contributed by atoms with E-state index >= 15 is 0 Å². The van der Waals surface area contributed by atoms with Crippen LogP contribution in [0, 0.1) is 5.41 Å². The first-order valence-corrected chi connectivity index (χ1v) is 6.02. The van der Waals surface area contributed by atoms with Crippen LogP contribution in [-0.2, 0) is 0 Å². The van der Waals surface area contributed by atoms with E-state index in [1.54, 1.807) is 20.8 Å². The van der Waals surface area contributed by atoms with Gasteiger partial charge in [0.2, 0.25) is 0 Å². The molecule has 0 radical (unpaired) electrons. The molecule has 0 spiro atoms. The van der Waals surface area contributed by atoms with Crippen molar-refractivity contribution in [2.45, 2.75) is 63.9 Å². The third-order valence-corrected chi connectivity index (χ3v) is 3.85. The SMILES string of the molecule is CC(O)/C=C/[C@]1(O)C(C)(C)C[C@H](O)C[C@@]1(C)O. The molecule has 0 aromatic heterocycles. The third-order valence-electron chi connectivity index (χ3n) is 3.85. The predicted octanol–water partition coefficient (Wildman–Crippen LogP) is 0.586. The van der Waals surface area contributed by atoms with Crippen molar-refractivity contribution in [1.82, 2.24) is 0 Å². The quantitative estimate of drug-likeness (QED) is 0.536. The molecule has 1 saturated carbocycles. The maximum absolute atomic E-state index is 10.7. The van der Waals surface area contributed by atoms with E-state index in [9.17, 15) is 20.4 Å². The summed E-state index contributed by atoms with van der Waals surface area (Å²) in [6, 6.07) is 0. The van der Waals surface area contributed by atoms with E-state index in [4.69, 9.17) is 0 Å². The molecule has 4 atom stereocenters. The van der Waals surface area contributed by atoms with Gasteiger partial charge in [0.25, 0.3) is 0 Å². The Morgan fingerprint density at radius 3 is 2.12 bits per heavy atom. The highest BCUT2D eigenvalue weighted by Crippen LogP contribution is 2.50. The molecule has 0 aliphatic heterocycles. The third kappa shape index (κ3) is 2.55. The molecule has 0 heterocycles. The molecule has 4 nitrogen and oxygen atoms in total. The van der Waals surface area contributed by atoms with Crippen molar-refractivity contribution >= 4 is 0 Å². The van der Waals surface area contributed by atoms with Gasteiger partial charge in [-0.15, -0.1) is 0 Å². The Kier molecular flexibility index (Phi) is 3.75. The van der Waals surface area contributed by atoms with Gasteiger partial charge in [0, 0.05) is 11.8 Å². The molecule has 17 heavy (non-hydrogen) atoms. The summed E-state index contributed by atoms with van der Waals surface area (Å²) in [5, 5.41) is 40.1. The number of hydrogen-bond donors (Lipinski definition) is 4. The summed E-state index contributed by atoms with van der Waals surface area (Å²) in [7, 11) is 0. The summed E-state index contributed by atoms with van der Waals surface area (Å²) in [6.07, 6.45) is 2.15. The summed E-state index contributed by atoms with van der Waals surface area (Å²) in [6.45, 7) is 6.70. The Bertz CT molecular complexity index is 287. The smallest absolute Gasteiger partial charge is 0.116 e. The summed E-state index contributed by atoms with van der Waals surface area (Å²) < 4.78 is 0. The van der Waals surface area contributed by atoms with Gasteiger partial charge in [0.05, 0.1) is 17.8 Å². The summed E-state index contributed by atoms with van der Waals surface area (Å²) in [4.78, 5) is 0. The van der Waals surface area contributed by atoms with Gasteiger partial charge < -0.3 is 20.4 Å². The second-order valence-corrected chi connectivity index (χ2v) is 6.09. The van der Waals surface area contributed by atoms with E-state index < -0.39 is 28.8 Å². The van der Waals surface area contributed by atoms with E-state index in [1.807, 2.05) is 0 Å². The average molecular weight is 244 g/mol. The first kappa shape index (κ1) is 14.6. The fraction of sp³-hybridized carbons (Fsp3) is 0.846. The van der Waals surface area contributed by atoms with Gasteiger partial charge in [0.15, 0.2) is 0 Å². The minimum atomic E-state index is -1.46. The van der Waals surface area contributed by atoms with Gasteiger partial charge >= 0.3 is 0 Å². The van der Waals surface area contributed by atoms with Crippen LogP contribution < -0.4 is 0 Å². The lowest BCUT2D eigenvalue weighted by Gasteiger charge is -2.54. The van der Waals surface area contributed by atoms with E-state index in [2.05, 4.69) is 0 Å². The largest absolute Gasteiger partial charge is 0.393 e. The Labute approximate surface area is 103 Å². The lowest BCUT2D eigenvalue weighted by molar-refractivity contribution is -0.217. The van der Waals surface area contributed by atoms with Crippen molar-refractivity contribution < 1.29 is 20.4 Å². The van der Waals surface area contributed by atoms with Gasteiger partial charge in [-0.2, -0.15) is 0 Å². The molecule has 0 bridgehead atoms. The van der Waals surface area contributed by atoms with Crippen LogP contribution in [0.5, 0.6) is 0 Å². The topological polar surface area (TPSA) is 80.9 Å². The molecule has 1 aliphatic carbocycles. The standard InChI is InChI=1S/C13H24O4/c1-9(14)5-6-13(17)11(2,3)7-10(15)8-12(13,4)16/h5-6,9-10,14-17H,7-8H2,1-4H3/b6-5+/t9?,10-,12+,13-/m0/s1. The monoisotopic (exact) mass is 244 g/mol. The molecule has 4 heteroatoms. The second kappa shape index (κ2) is 4.35. The second-order valence-electron chi connectivity index (χ2n) is 6.09. The van der Waals surface area contributed by atoms with Gasteiger partial charge in [-0.05, 0) is 20.3 Å². The Balaban J connectivity index is 3.15. The Hall–Kier alpha value is -0.420. The first-order chi connectivity index (χ1) is 7.52. The van der Waals surface area contributed by atoms with Crippen LogP contribution in [0.25, 0.3) is 0 Å². The zero-order chi connectivity index (χ0) is 13.5. The predicted molar refractivity (Wildman–Crippen MR) is 65.4 cm³/mol. The molecule has 0 aromatic carbocycles. The van der Waals surface area contributed by atoms with Gasteiger partial charge in [-0.25, -0.2) is 0 Å². The van der Waals surface area contributed by atoms with Crippen LogP contribution >= 0.6 is 0 Å². The highest BCUT2D eigenvalue weighted by Gasteiger charge is 2.58. The van der Waals surface area contributed by atoms with Crippen LogP contribution in [0.4, 0.5) is 0 Å². The Morgan fingerprint density at radius 2 is 1.71 bits per heavy atom. The highest BCUT2D eigenvalue weighted by molar-refractivity contribution is 5.21. The van der Waals surface area contributed by atoms with Crippen LogP contribution in [0.15, 0.2) is 12.2 Å². The number of rotatable bonds is 2. The maximum Gasteiger partial charge on any atom is 0.116 e. The molecule has 4 N–H and O–H groups in total. The van der Waals surface area contributed by atoms with E-state index in [-0.39, 0.29) is 6.42 Å². The molecular weight excluding hydrogens is 220 g/mol. The molecule has 0 saturated heterocycles. The van der Waals surface area contributed by atoms with Crippen molar-refractivity contribution in [3.63, 3.8) is 0 Å². The summed E-state index contributed by atoms with van der Waals surface area (Å²) in [5.74, 6) is 0. The molecule has 1 rings (SSSR count). The molecule has 0 aromatic rings. The van der Waals surface area contributed by atoms with E-state index in [0.29, 0.717) is 6.42 Å². The zero-order valence-electron chi connectivity index (χ0n) is 11.0. The van der Waals surface area contributed by atoms with Crippen LogP contribution in [0.2, 0.25) is 0 Å². The normalized spacial score (nSPS) is 43.9. The first-order valence-electron chi connectivity index (χ1n) is 6.02. The summed E-state index contributed by atoms with van der Waals surface area (Å²) >= 11 is 0. The number of aliphatic hydroxyl groups is 4. The molecule has 100 valence electrons. The maximum atomic E-state index is 10.7. The molecular formula is C13H24O4. The van der Waals surface area contributed by atoms with E-state index in [1.165, 1.54) is 19.1 Å². The fourth-order valence-corrected chi connectivity index (χ4v) is 2.84. The lowest BCUT2D eigenvalue weighted by atomic mass is 9.57.